The van der Waals surface area contributed by atoms with Crippen molar-refractivity contribution in [1.29, 1.82) is 0 Å². The van der Waals surface area contributed by atoms with E-state index in [1.54, 1.807) is 6.07 Å². The van der Waals surface area contributed by atoms with Gasteiger partial charge in [-0.1, -0.05) is 13.0 Å². The van der Waals surface area contributed by atoms with Gasteiger partial charge >= 0.3 is 0 Å². The van der Waals surface area contributed by atoms with Gasteiger partial charge in [0.15, 0.2) is 0 Å². The lowest BCUT2D eigenvalue weighted by Gasteiger charge is -2.29. The van der Waals surface area contributed by atoms with Crippen LogP contribution in [0, 0.1) is 0 Å². The van der Waals surface area contributed by atoms with Crippen molar-refractivity contribution in [1.82, 2.24) is 0 Å². The standard InChI is InChI=1S/C22H25N3O3/c1-2-21(26)25-9-8-16-14-17(6-7-20(16)25)22(27)23-18-4-3-5-19(15-18)24-10-12-28-13-11-24/h3-7,14-15H,2,8-13H2,1H3,(H,23,27). The SMILES string of the molecule is CCC(=O)N1CCc2cc(C(=O)Nc3cccc(N4CCOCC4)c3)ccc21. The number of benzene rings is 2. The number of hydrogen-bond acceptors (Lipinski definition) is 4. The lowest BCUT2D eigenvalue weighted by Crippen LogP contribution is -2.36. The topological polar surface area (TPSA) is 61.9 Å². The number of nitrogens with one attached hydrogen (secondary N) is 1. The maximum Gasteiger partial charge on any atom is 0.255 e. The van der Waals surface area contributed by atoms with Crippen LogP contribution in [-0.2, 0) is 16.0 Å². The molecule has 2 aromatic rings. The van der Waals surface area contributed by atoms with Gasteiger partial charge in [0.05, 0.1) is 13.2 Å². The van der Waals surface area contributed by atoms with E-state index in [4.69, 9.17) is 4.74 Å². The molecule has 0 spiro atoms. The van der Waals surface area contributed by atoms with E-state index >= 15 is 0 Å². The van der Waals surface area contributed by atoms with E-state index in [0.717, 1.165) is 55.3 Å². The molecule has 2 aliphatic heterocycles. The Morgan fingerprint density at radius 1 is 1.07 bits per heavy atom. The molecular formula is C22H25N3O3. The van der Waals surface area contributed by atoms with Crippen molar-refractivity contribution >= 4 is 28.9 Å². The number of carbonyl (C=O) groups excluding carboxylic acids is 2. The Bertz CT molecular complexity index is 890. The fraction of sp³-hybridized carbons (Fsp3) is 0.364. The zero-order valence-corrected chi connectivity index (χ0v) is 16.1. The van der Waals surface area contributed by atoms with Crippen LogP contribution in [0.1, 0.15) is 29.3 Å². The van der Waals surface area contributed by atoms with Crippen molar-refractivity contribution in [3.05, 3.63) is 53.6 Å². The summed E-state index contributed by atoms with van der Waals surface area (Å²) in [4.78, 5) is 28.8. The van der Waals surface area contributed by atoms with Crippen molar-refractivity contribution in [2.45, 2.75) is 19.8 Å². The van der Waals surface area contributed by atoms with Gasteiger partial charge in [-0.15, -0.1) is 0 Å². The molecule has 0 saturated carbocycles. The smallest absolute Gasteiger partial charge is 0.255 e. The number of ether oxygens (including phenoxy) is 1. The minimum atomic E-state index is -0.137. The van der Waals surface area contributed by atoms with E-state index in [2.05, 4.69) is 16.3 Å². The third-order valence-corrected chi connectivity index (χ3v) is 5.32. The van der Waals surface area contributed by atoms with Gasteiger partial charge in [0.2, 0.25) is 5.91 Å². The summed E-state index contributed by atoms with van der Waals surface area (Å²) in [7, 11) is 0. The fourth-order valence-electron chi connectivity index (χ4n) is 3.80. The van der Waals surface area contributed by atoms with Crippen molar-refractivity contribution in [2.24, 2.45) is 0 Å². The molecule has 6 nitrogen and oxygen atoms in total. The van der Waals surface area contributed by atoms with E-state index in [0.29, 0.717) is 18.5 Å². The second kappa shape index (κ2) is 8.02. The summed E-state index contributed by atoms with van der Waals surface area (Å²) in [6.45, 7) is 5.72. The summed E-state index contributed by atoms with van der Waals surface area (Å²) >= 11 is 0. The molecular weight excluding hydrogens is 354 g/mol. The predicted octanol–water partition coefficient (Wildman–Crippen LogP) is 3.07. The molecule has 2 amide bonds. The van der Waals surface area contributed by atoms with Crippen LogP contribution in [0.4, 0.5) is 17.1 Å². The highest BCUT2D eigenvalue weighted by molar-refractivity contribution is 6.05. The number of rotatable bonds is 4. The number of carbonyl (C=O) groups is 2. The first-order valence-electron chi connectivity index (χ1n) is 9.83. The van der Waals surface area contributed by atoms with Gasteiger partial charge in [-0.05, 0) is 48.4 Å². The molecule has 0 atom stereocenters. The minimum absolute atomic E-state index is 0.121. The van der Waals surface area contributed by atoms with Crippen LogP contribution in [0.5, 0.6) is 0 Å². The normalized spacial score (nSPS) is 16.0. The number of hydrogen-bond donors (Lipinski definition) is 1. The molecule has 2 aromatic carbocycles. The summed E-state index contributed by atoms with van der Waals surface area (Å²) in [6, 6.07) is 13.5. The summed E-state index contributed by atoms with van der Waals surface area (Å²) in [5, 5.41) is 3.00. The zero-order valence-electron chi connectivity index (χ0n) is 16.1. The first-order valence-corrected chi connectivity index (χ1v) is 9.83. The number of amides is 2. The molecule has 28 heavy (non-hydrogen) atoms. The van der Waals surface area contributed by atoms with Crippen molar-refractivity contribution in [2.75, 3.05) is 48.0 Å². The average molecular weight is 379 g/mol. The molecule has 146 valence electrons. The van der Waals surface area contributed by atoms with E-state index < -0.39 is 0 Å². The average Bonchev–Trinajstić information content (AvgIpc) is 3.17. The van der Waals surface area contributed by atoms with Gasteiger partial charge in [0.1, 0.15) is 0 Å². The highest BCUT2D eigenvalue weighted by Gasteiger charge is 2.24. The summed E-state index contributed by atoms with van der Waals surface area (Å²) < 4.78 is 5.40. The molecule has 0 unspecified atom stereocenters. The van der Waals surface area contributed by atoms with E-state index in [1.807, 2.05) is 42.2 Å². The number of fused-ring (bicyclic) bond motifs is 1. The minimum Gasteiger partial charge on any atom is -0.378 e. The van der Waals surface area contributed by atoms with Gasteiger partial charge < -0.3 is 19.9 Å². The first kappa shape index (κ1) is 18.5. The van der Waals surface area contributed by atoms with Crippen LogP contribution in [0.15, 0.2) is 42.5 Å². The second-order valence-corrected chi connectivity index (χ2v) is 7.10. The van der Waals surface area contributed by atoms with E-state index in [9.17, 15) is 9.59 Å². The Morgan fingerprint density at radius 3 is 2.68 bits per heavy atom. The monoisotopic (exact) mass is 379 g/mol. The van der Waals surface area contributed by atoms with E-state index in [-0.39, 0.29) is 11.8 Å². The lowest BCUT2D eigenvalue weighted by atomic mass is 10.1. The zero-order chi connectivity index (χ0) is 19.5. The van der Waals surface area contributed by atoms with Gasteiger partial charge in [-0.2, -0.15) is 0 Å². The Kier molecular flexibility index (Phi) is 5.30. The number of nitrogens with zero attached hydrogens (tertiary/aromatic N) is 2. The Morgan fingerprint density at radius 2 is 1.89 bits per heavy atom. The summed E-state index contributed by atoms with van der Waals surface area (Å²) in [5.41, 5.74) is 4.46. The van der Waals surface area contributed by atoms with Crippen molar-refractivity contribution < 1.29 is 14.3 Å². The van der Waals surface area contributed by atoms with E-state index in [1.165, 1.54) is 0 Å². The molecule has 0 aromatic heterocycles. The third kappa shape index (κ3) is 3.73. The Labute approximate surface area is 165 Å². The molecule has 4 rings (SSSR count). The maximum absolute atomic E-state index is 12.7. The second-order valence-electron chi connectivity index (χ2n) is 7.10. The van der Waals surface area contributed by atoms with Gasteiger partial charge in [-0.25, -0.2) is 0 Å². The molecule has 1 N–H and O–H groups in total. The molecule has 6 heteroatoms. The number of anilines is 3. The van der Waals surface area contributed by atoms with Crippen molar-refractivity contribution in [3.63, 3.8) is 0 Å². The van der Waals surface area contributed by atoms with Crippen LogP contribution < -0.4 is 15.1 Å². The predicted molar refractivity (Wildman–Crippen MR) is 110 cm³/mol. The molecule has 2 heterocycles. The number of morpholine rings is 1. The van der Waals surface area contributed by atoms with Gasteiger partial charge in [0.25, 0.3) is 5.91 Å². The van der Waals surface area contributed by atoms with Crippen LogP contribution >= 0.6 is 0 Å². The molecule has 0 radical (unpaired) electrons. The highest BCUT2D eigenvalue weighted by Crippen LogP contribution is 2.30. The molecule has 2 aliphatic rings. The quantitative estimate of drug-likeness (QED) is 0.887. The Balaban J connectivity index is 1.48. The molecule has 1 fully saturated rings. The van der Waals surface area contributed by atoms with Crippen LogP contribution in [-0.4, -0.2) is 44.7 Å². The molecule has 0 bridgehead atoms. The third-order valence-electron chi connectivity index (χ3n) is 5.32. The first-order chi connectivity index (χ1) is 13.7. The maximum atomic E-state index is 12.7. The molecule has 0 aliphatic carbocycles. The molecule has 1 saturated heterocycles. The van der Waals surface area contributed by atoms with Crippen LogP contribution in [0.25, 0.3) is 0 Å². The van der Waals surface area contributed by atoms with Gasteiger partial charge in [0, 0.05) is 48.7 Å². The van der Waals surface area contributed by atoms with Crippen LogP contribution in [0.2, 0.25) is 0 Å². The highest BCUT2D eigenvalue weighted by atomic mass is 16.5. The summed E-state index contributed by atoms with van der Waals surface area (Å²) in [6.07, 6.45) is 1.27. The fourth-order valence-corrected chi connectivity index (χ4v) is 3.80. The van der Waals surface area contributed by atoms with Gasteiger partial charge in [-0.3, -0.25) is 9.59 Å². The van der Waals surface area contributed by atoms with Crippen LogP contribution in [0.3, 0.4) is 0 Å². The largest absolute Gasteiger partial charge is 0.378 e. The lowest BCUT2D eigenvalue weighted by molar-refractivity contribution is -0.118. The Hall–Kier alpha value is -2.86. The summed E-state index contributed by atoms with van der Waals surface area (Å²) in [5.74, 6) is -0.0157. The van der Waals surface area contributed by atoms with Crippen molar-refractivity contribution in [3.8, 4) is 0 Å².